The molecule has 0 aromatic carbocycles. The van der Waals surface area contributed by atoms with E-state index in [0.29, 0.717) is 19.4 Å². The number of esters is 1. The van der Waals surface area contributed by atoms with Gasteiger partial charge in [0.1, 0.15) is 0 Å². The van der Waals surface area contributed by atoms with Gasteiger partial charge in [-0.2, -0.15) is 0 Å². The molecule has 0 aromatic rings. The predicted octanol–water partition coefficient (Wildman–Crippen LogP) is 1.66. The van der Waals surface area contributed by atoms with Gasteiger partial charge in [-0.15, -0.1) is 6.58 Å². The summed E-state index contributed by atoms with van der Waals surface area (Å²) in [6, 6.07) is 0. The van der Waals surface area contributed by atoms with Crippen LogP contribution in [-0.4, -0.2) is 23.3 Å². The SMILES string of the molecule is C=CCC[C@@](C)(O)CC(=O)OCC. The minimum absolute atomic E-state index is 0.0503. The van der Waals surface area contributed by atoms with Crippen molar-refractivity contribution in [1.29, 1.82) is 0 Å². The molecule has 0 aliphatic rings. The van der Waals surface area contributed by atoms with Crippen molar-refractivity contribution in [3.05, 3.63) is 12.7 Å². The molecule has 0 aliphatic carbocycles. The second-order valence-electron chi connectivity index (χ2n) is 3.31. The number of hydrogen-bond acceptors (Lipinski definition) is 3. The Morgan fingerprint density at radius 3 is 2.77 bits per heavy atom. The Hall–Kier alpha value is -0.830. The Morgan fingerprint density at radius 2 is 2.31 bits per heavy atom. The standard InChI is InChI=1S/C10H18O3/c1-4-6-7-10(3,12)8-9(11)13-5-2/h4,12H,1,5-8H2,2-3H3/t10-/m1/s1. The highest BCUT2D eigenvalue weighted by Gasteiger charge is 2.23. The van der Waals surface area contributed by atoms with E-state index in [4.69, 9.17) is 4.74 Å². The average molecular weight is 186 g/mol. The molecule has 1 atom stereocenters. The van der Waals surface area contributed by atoms with Crippen LogP contribution in [0.4, 0.5) is 0 Å². The smallest absolute Gasteiger partial charge is 0.308 e. The highest BCUT2D eigenvalue weighted by molar-refractivity contribution is 5.70. The first-order chi connectivity index (χ1) is 6.02. The normalized spacial score (nSPS) is 14.7. The second kappa shape index (κ2) is 5.75. The van der Waals surface area contributed by atoms with Gasteiger partial charge in [-0.05, 0) is 26.7 Å². The van der Waals surface area contributed by atoms with Crippen molar-refractivity contribution in [2.24, 2.45) is 0 Å². The average Bonchev–Trinajstić information content (AvgIpc) is 2.00. The molecule has 76 valence electrons. The Balaban J connectivity index is 3.85. The van der Waals surface area contributed by atoms with Crippen molar-refractivity contribution in [2.45, 2.75) is 38.7 Å². The molecule has 0 aliphatic heterocycles. The van der Waals surface area contributed by atoms with Crippen LogP contribution in [0.25, 0.3) is 0 Å². The summed E-state index contributed by atoms with van der Waals surface area (Å²) in [6.07, 6.45) is 3.01. The zero-order valence-corrected chi connectivity index (χ0v) is 8.38. The lowest BCUT2D eigenvalue weighted by Crippen LogP contribution is -2.28. The highest BCUT2D eigenvalue weighted by atomic mass is 16.5. The van der Waals surface area contributed by atoms with Crippen molar-refractivity contribution in [2.75, 3.05) is 6.61 Å². The van der Waals surface area contributed by atoms with E-state index in [-0.39, 0.29) is 12.4 Å². The summed E-state index contributed by atoms with van der Waals surface area (Å²) in [4.78, 5) is 11.0. The summed E-state index contributed by atoms with van der Waals surface area (Å²) in [5.41, 5.74) is -0.972. The van der Waals surface area contributed by atoms with Crippen LogP contribution in [0.5, 0.6) is 0 Å². The molecule has 0 unspecified atom stereocenters. The van der Waals surface area contributed by atoms with Gasteiger partial charge in [0.05, 0.1) is 18.6 Å². The van der Waals surface area contributed by atoms with Crippen molar-refractivity contribution in [3.8, 4) is 0 Å². The molecule has 1 N–H and O–H groups in total. The quantitative estimate of drug-likeness (QED) is 0.507. The molecule has 0 fully saturated rings. The van der Waals surface area contributed by atoms with Crippen LogP contribution in [0.1, 0.15) is 33.1 Å². The Morgan fingerprint density at radius 1 is 1.69 bits per heavy atom. The summed E-state index contributed by atoms with van der Waals surface area (Å²) < 4.78 is 4.73. The largest absolute Gasteiger partial charge is 0.466 e. The van der Waals surface area contributed by atoms with Crippen LogP contribution in [0.15, 0.2) is 12.7 Å². The van der Waals surface area contributed by atoms with Gasteiger partial charge in [-0.3, -0.25) is 4.79 Å². The van der Waals surface area contributed by atoms with Crippen LogP contribution in [0, 0.1) is 0 Å². The number of hydrogen-bond donors (Lipinski definition) is 1. The van der Waals surface area contributed by atoms with Gasteiger partial charge in [0, 0.05) is 0 Å². The Kier molecular flexibility index (Phi) is 5.39. The van der Waals surface area contributed by atoms with Gasteiger partial charge >= 0.3 is 5.97 Å². The number of ether oxygens (including phenoxy) is 1. The molecule has 0 amide bonds. The van der Waals surface area contributed by atoms with Crippen molar-refractivity contribution >= 4 is 5.97 Å². The van der Waals surface area contributed by atoms with Crippen LogP contribution in [0.3, 0.4) is 0 Å². The van der Waals surface area contributed by atoms with Gasteiger partial charge in [0.2, 0.25) is 0 Å². The first-order valence-corrected chi connectivity index (χ1v) is 4.50. The molecule has 0 spiro atoms. The molecule has 0 rings (SSSR count). The predicted molar refractivity (Wildman–Crippen MR) is 51.3 cm³/mol. The van der Waals surface area contributed by atoms with E-state index in [9.17, 15) is 9.90 Å². The Bertz CT molecular complexity index is 173. The van der Waals surface area contributed by atoms with E-state index in [1.807, 2.05) is 0 Å². The lowest BCUT2D eigenvalue weighted by molar-refractivity contribution is -0.148. The second-order valence-corrected chi connectivity index (χ2v) is 3.31. The van der Waals surface area contributed by atoms with E-state index in [2.05, 4.69) is 6.58 Å². The summed E-state index contributed by atoms with van der Waals surface area (Å²) in [7, 11) is 0. The minimum atomic E-state index is -0.972. The lowest BCUT2D eigenvalue weighted by atomic mass is 9.96. The molecule has 0 heterocycles. The molecule has 0 saturated carbocycles. The van der Waals surface area contributed by atoms with Crippen molar-refractivity contribution in [3.63, 3.8) is 0 Å². The molecular weight excluding hydrogens is 168 g/mol. The lowest BCUT2D eigenvalue weighted by Gasteiger charge is -2.20. The maximum atomic E-state index is 11.0. The Labute approximate surface area is 79.4 Å². The topological polar surface area (TPSA) is 46.5 Å². The zero-order valence-electron chi connectivity index (χ0n) is 8.38. The van der Waals surface area contributed by atoms with Gasteiger partial charge in [-0.25, -0.2) is 0 Å². The van der Waals surface area contributed by atoms with Crippen molar-refractivity contribution in [1.82, 2.24) is 0 Å². The van der Waals surface area contributed by atoms with E-state index >= 15 is 0 Å². The first-order valence-electron chi connectivity index (χ1n) is 4.50. The summed E-state index contributed by atoms with van der Waals surface area (Å²) in [5.74, 6) is -0.350. The maximum absolute atomic E-state index is 11.0. The van der Waals surface area contributed by atoms with Gasteiger partial charge in [0.25, 0.3) is 0 Å². The highest BCUT2D eigenvalue weighted by Crippen LogP contribution is 2.17. The third kappa shape index (κ3) is 6.34. The number of allylic oxidation sites excluding steroid dienone is 1. The van der Waals surface area contributed by atoms with Crippen LogP contribution in [-0.2, 0) is 9.53 Å². The molecule has 0 bridgehead atoms. The van der Waals surface area contributed by atoms with E-state index < -0.39 is 5.60 Å². The molecule has 0 aromatic heterocycles. The summed E-state index contributed by atoms with van der Waals surface area (Å²) in [6.45, 7) is 7.29. The monoisotopic (exact) mass is 186 g/mol. The molecule has 3 heteroatoms. The first kappa shape index (κ1) is 12.2. The number of aliphatic hydroxyl groups is 1. The molecule has 13 heavy (non-hydrogen) atoms. The fourth-order valence-electron chi connectivity index (χ4n) is 1.02. The number of rotatable bonds is 6. The maximum Gasteiger partial charge on any atom is 0.308 e. The fraction of sp³-hybridized carbons (Fsp3) is 0.700. The summed E-state index contributed by atoms with van der Waals surface area (Å²) in [5, 5.41) is 9.69. The van der Waals surface area contributed by atoms with Crippen LogP contribution in [0.2, 0.25) is 0 Å². The van der Waals surface area contributed by atoms with E-state index in [1.165, 1.54) is 0 Å². The van der Waals surface area contributed by atoms with E-state index in [0.717, 1.165) is 0 Å². The molecule has 0 radical (unpaired) electrons. The molecule has 0 saturated heterocycles. The third-order valence-electron chi connectivity index (χ3n) is 1.72. The van der Waals surface area contributed by atoms with Gasteiger partial charge < -0.3 is 9.84 Å². The summed E-state index contributed by atoms with van der Waals surface area (Å²) >= 11 is 0. The minimum Gasteiger partial charge on any atom is -0.466 e. The van der Waals surface area contributed by atoms with Gasteiger partial charge in [-0.1, -0.05) is 6.08 Å². The van der Waals surface area contributed by atoms with Crippen LogP contribution >= 0.6 is 0 Å². The van der Waals surface area contributed by atoms with Gasteiger partial charge in [0.15, 0.2) is 0 Å². The van der Waals surface area contributed by atoms with Crippen LogP contribution < -0.4 is 0 Å². The van der Waals surface area contributed by atoms with E-state index in [1.54, 1.807) is 19.9 Å². The molecule has 3 nitrogen and oxygen atoms in total. The fourth-order valence-corrected chi connectivity index (χ4v) is 1.02. The molecular formula is C10H18O3. The third-order valence-corrected chi connectivity index (χ3v) is 1.72. The number of carbonyl (C=O) groups is 1. The number of carbonyl (C=O) groups excluding carboxylic acids is 1. The zero-order chi connectivity index (χ0) is 10.3. The van der Waals surface area contributed by atoms with Crippen molar-refractivity contribution < 1.29 is 14.6 Å².